The van der Waals surface area contributed by atoms with E-state index in [-0.39, 0.29) is 11.9 Å². The molecule has 35 heavy (non-hydrogen) atoms. The number of benzene rings is 3. The number of ether oxygens (including phenoxy) is 2. The Morgan fingerprint density at radius 1 is 0.857 bits per heavy atom. The van der Waals surface area contributed by atoms with Gasteiger partial charge in [-0.15, -0.1) is 0 Å². The van der Waals surface area contributed by atoms with Crippen molar-refractivity contribution >= 4 is 33.6 Å². The molecule has 0 aliphatic heterocycles. The average Bonchev–Trinajstić information content (AvgIpc) is 2.90. The van der Waals surface area contributed by atoms with Crippen LogP contribution < -0.4 is 10.1 Å². The van der Waals surface area contributed by atoms with E-state index in [1.165, 1.54) is 12.5 Å². The Kier molecular flexibility index (Phi) is 8.28. The van der Waals surface area contributed by atoms with E-state index in [9.17, 15) is 9.59 Å². The lowest BCUT2D eigenvalue weighted by Gasteiger charge is -2.13. The number of methoxy groups -OCH3 is 1. The van der Waals surface area contributed by atoms with Gasteiger partial charge in [-0.25, -0.2) is 4.98 Å². The van der Waals surface area contributed by atoms with Crippen LogP contribution in [0.3, 0.4) is 0 Å². The molecule has 0 saturated heterocycles. The number of nitrogens with one attached hydrogen (secondary N) is 1. The van der Waals surface area contributed by atoms with E-state index >= 15 is 0 Å². The minimum atomic E-state index is -0.222. The van der Waals surface area contributed by atoms with Crippen molar-refractivity contribution in [3.05, 3.63) is 84.1 Å². The molecular formula is C29H30N2O4. The van der Waals surface area contributed by atoms with Crippen LogP contribution in [0.4, 0.5) is 0 Å². The lowest BCUT2D eigenvalue weighted by Crippen LogP contribution is -2.25. The molecule has 0 aliphatic rings. The van der Waals surface area contributed by atoms with Crippen molar-refractivity contribution in [2.45, 2.75) is 38.7 Å². The van der Waals surface area contributed by atoms with Gasteiger partial charge in [0.2, 0.25) is 0 Å². The van der Waals surface area contributed by atoms with Crippen molar-refractivity contribution in [3.8, 4) is 5.75 Å². The highest BCUT2D eigenvalue weighted by Crippen LogP contribution is 2.27. The van der Waals surface area contributed by atoms with E-state index in [0.29, 0.717) is 31.0 Å². The third-order valence-electron chi connectivity index (χ3n) is 5.99. The molecule has 3 aromatic carbocycles. The molecule has 0 radical (unpaired) electrons. The third-order valence-corrected chi connectivity index (χ3v) is 5.99. The molecule has 1 amide bonds. The Balaban J connectivity index is 1.40. The number of pyridine rings is 1. The van der Waals surface area contributed by atoms with Crippen LogP contribution in [0.15, 0.2) is 72.8 Å². The predicted molar refractivity (Wildman–Crippen MR) is 137 cm³/mol. The predicted octanol–water partition coefficient (Wildman–Crippen LogP) is 5.82. The fraction of sp³-hybridized carbons (Fsp3) is 0.276. The second-order valence-corrected chi connectivity index (χ2v) is 8.45. The van der Waals surface area contributed by atoms with Gasteiger partial charge in [0.15, 0.2) is 0 Å². The minimum absolute atomic E-state index is 0.181. The van der Waals surface area contributed by atoms with Crippen molar-refractivity contribution < 1.29 is 19.1 Å². The number of hydrogen-bond donors (Lipinski definition) is 1. The van der Waals surface area contributed by atoms with E-state index < -0.39 is 0 Å². The van der Waals surface area contributed by atoms with Gasteiger partial charge in [0, 0.05) is 24.4 Å². The maximum Gasteiger partial charge on any atom is 0.305 e. The molecule has 0 saturated carbocycles. The van der Waals surface area contributed by atoms with Crippen LogP contribution in [0.1, 0.15) is 48.2 Å². The van der Waals surface area contributed by atoms with Gasteiger partial charge in [-0.3, -0.25) is 9.59 Å². The van der Waals surface area contributed by atoms with Crippen LogP contribution in [0, 0.1) is 0 Å². The van der Waals surface area contributed by atoms with Crippen LogP contribution in [0.2, 0.25) is 0 Å². The highest BCUT2D eigenvalue weighted by molar-refractivity contribution is 5.97. The standard InChI is InChI=1S/C29H30N2O4/c1-34-28(32)17-4-2-3-9-18-30-29(33)26-19-27(24-15-7-8-16-25(24)31-26)35-20-22-13-10-12-21-11-5-6-14-23(21)22/h5-8,10-16,19H,2-4,9,17-18,20H2,1H3,(H,30,33). The zero-order valence-electron chi connectivity index (χ0n) is 20.0. The first-order valence-electron chi connectivity index (χ1n) is 12.0. The lowest BCUT2D eigenvalue weighted by atomic mass is 10.1. The largest absolute Gasteiger partial charge is 0.488 e. The topological polar surface area (TPSA) is 77.5 Å². The number of esters is 1. The number of fused-ring (bicyclic) bond motifs is 2. The minimum Gasteiger partial charge on any atom is -0.488 e. The van der Waals surface area contributed by atoms with Gasteiger partial charge in [0.25, 0.3) is 5.91 Å². The fourth-order valence-corrected chi connectivity index (χ4v) is 4.10. The molecule has 1 heterocycles. The first-order chi connectivity index (χ1) is 17.2. The van der Waals surface area contributed by atoms with E-state index in [1.54, 1.807) is 6.07 Å². The monoisotopic (exact) mass is 470 g/mol. The molecule has 1 aromatic heterocycles. The van der Waals surface area contributed by atoms with Gasteiger partial charge in [-0.2, -0.15) is 0 Å². The van der Waals surface area contributed by atoms with Gasteiger partial charge in [-0.1, -0.05) is 67.4 Å². The number of carbonyl (C=O) groups is 2. The maximum atomic E-state index is 12.8. The Bertz CT molecular complexity index is 1310. The summed E-state index contributed by atoms with van der Waals surface area (Å²) in [6.07, 6.45) is 3.92. The summed E-state index contributed by atoms with van der Waals surface area (Å²) in [7, 11) is 1.40. The number of unbranched alkanes of at least 4 members (excludes halogenated alkanes) is 3. The van der Waals surface area contributed by atoms with E-state index in [2.05, 4.69) is 39.3 Å². The highest BCUT2D eigenvalue weighted by Gasteiger charge is 2.13. The van der Waals surface area contributed by atoms with Crippen LogP contribution in [0.25, 0.3) is 21.7 Å². The summed E-state index contributed by atoms with van der Waals surface area (Å²) in [4.78, 5) is 28.5. The maximum absolute atomic E-state index is 12.8. The van der Waals surface area contributed by atoms with Crippen LogP contribution >= 0.6 is 0 Å². The molecule has 0 aliphatic carbocycles. The number of nitrogens with zero attached hydrogens (tertiary/aromatic N) is 1. The Labute approximate surface area is 205 Å². The van der Waals surface area contributed by atoms with Gasteiger partial charge < -0.3 is 14.8 Å². The van der Waals surface area contributed by atoms with Crippen LogP contribution in [0.5, 0.6) is 5.75 Å². The Morgan fingerprint density at radius 3 is 2.46 bits per heavy atom. The van der Waals surface area contributed by atoms with Gasteiger partial charge in [0.05, 0.1) is 12.6 Å². The smallest absolute Gasteiger partial charge is 0.305 e. The number of hydrogen-bond acceptors (Lipinski definition) is 5. The summed E-state index contributed by atoms with van der Waals surface area (Å²) in [5.41, 5.74) is 2.14. The zero-order chi connectivity index (χ0) is 24.5. The molecule has 0 atom stereocenters. The molecule has 0 unspecified atom stereocenters. The number of rotatable bonds is 11. The molecule has 180 valence electrons. The van der Waals surface area contributed by atoms with E-state index in [0.717, 1.165) is 47.5 Å². The summed E-state index contributed by atoms with van der Waals surface area (Å²) in [5, 5.41) is 6.14. The fourth-order valence-electron chi connectivity index (χ4n) is 4.10. The van der Waals surface area contributed by atoms with Crippen molar-refractivity contribution in [3.63, 3.8) is 0 Å². The number of amides is 1. The number of aromatic nitrogens is 1. The second kappa shape index (κ2) is 12.0. The molecule has 0 fully saturated rings. The van der Waals surface area contributed by atoms with Crippen molar-refractivity contribution in [1.82, 2.24) is 10.3 Å². The van der Waals surface area contributed by atoms with Crippen molar-refractivity contribution in [2.75, 3.05) is 13.7 Å². The summed E-state index contributed by atoms with van der Waals surface area (Å²) >= 11 is 0. The second-order valence-electron chi connectivity index (χ2n) is 8.45. The van der Waals surface area contributed by atoms with Crippen LogP contribution in [-0.4, -0.2) is 30.5 Å². The quantitative estimate of drug-likeness (QED) is 0.221. The zero-order valence-corrected chi connectivity index (χ0v) is 20.0. The van der Waals surface area contributed by atoms with Gasteiger partial charge >= 0.3 is 5.97 Å². The average molecular weight is 471 g/mol. The summed E-state index contributed by atoms with van der Waals surface area (Å²) in [6.45, 7) is 0.944. The molecule has 0 spiro atoms. The summed E-state index contributed by atoms with van der Waals surface area (Å²) in [5.74, 6) is 0.232. The van der Waals surface area contributed by atoms with E-state index in [4.69, 9.17) is 4.74 Å². The number of carbonyl (C=O) groups excluding carboxylic acids is 2. The first kappa shape index (κ1) is 24.2. The molecule has 0 bridgehead atoms. The molecule has 4 rings (SSSR count). The van der Waals surface area contributed by atoms with Crippen LogP contribution in [-0.2, 0) is 16.1 Å². The SMILES string of the molecule is COC(=O)CCCCCCNC(=O)c1cc(OCc2cccc3ccccc23)c2ccccc2n1. The molecular weight excluding hydrogens is 440 g/mol. The van der Waals surface area contributed by atoms with Gasteiger partial charge in [-0.05, 0) is 41.3 Å². The van der Waals surface area contributed by atoms with Crippen molar-refractivity contribution in [2.24, 2.45) is 0 Å². The highest BCUT2D eigenvalue weighted by atomic mass is 16.5. The summed E-state index contributed by atoms with van der Waals surface area (Å²) in [6, 6.07) is 23.8. The molecule has 1 N–H and O–H groups in total. The lowest BCUT2D eigenvalue weighted by molar-refractivity contribution is -0.140. The third kappa shape index (κ3) is 6.35. The molecule has 6 heteroatoms. The molecule has 6 nitrogen and oxygen atoms in total. The summed E-state index contributed by atoms with van der Waals surface area (Å²) < 4.78 is 10.9. The van der Waals surface area contributed by atoms with Gasteiger partial charge in [0.1, 0.15) is 18.1 Å². The molecule has 4 aromatic rings. The Hall–Kier alpha value is -3.93. The Morgan fingerprint density at radius 2 is 1.60 bits per heavy atom. The number of para-hydroxylation sites is 1. The van der Waals surface area contributed by atoms with E-state index in [1.807, 2.05) is 42.5 Å². The van der Waals surface area contributed by atoms with Crippen molar-refractivity contribution in [1.29, 1.82) is 0 Å². The normalized spacial score (nSPS) is 10.9. The first-order valence-corrected chi connectivity index (χ1v) is 12.0.